The first kappa shape index (κ1) is 15.5. The number of halogens is 2. The van der Waals surface area contributed by atoms with E-state index >= 15 is 0 Å². The Morgan fingerprint density at radius 1 is 1.42 bits per heavy atom. The number of hydrogen-bond acceptors (Lipinski definition) is 3. The molecule has 1 unspecified atom stereocenters. The highest BCUT2D eigenvalue weighted by molar-refractivity contribution is 5.82. The molecular formula is C13H18F2N2O2. The zero-order valence-corrected chi connectivity index (χ0v) is 11.2. The van der Waals surface area contributed by atoms with E-state index in [0.29, 0.717) is 5.56 Å². The predicted octanol–water partition coefficient (Wildman–Crippen LogP) is 1.29. The van der Waals surface area contributed by atoms with Gasteiger partial charge >= 0.3 is 0 Å². The minimum atomic E-state index is -0.957. The molecule has 1 atom stereocenters. The third kappa shape index (κ3) is 3.97. The number of carbonyl (C=O) groups is 1. The number of rotatable bonds is 5. The second-order valence-corrected chi connectivity index (χ2v) is 4.80. The summed E-state index contributed by atoms with van der Waals surface area (Å²) in [6.45, 7) is 3.44. The third-order valence-electron chi connectivity index (χ3n) is 2.76. The van der Waals surface area contributed by atoms with Crippen molar-refractivity contribution in [2.24, 2.45) is 5.73 Å². The van der Waals surface area contributed by atoms with Crippen LogP contribution in [0.1, 0.15) is 19.4 Å². The van der Waals surface area contributed by atoms with Crippen LogP contribution in [-0.2, 0) is 15.1 Å². The molecule has 106 valence electrons. The van der Waals surface area contributed by atoms with Gasteiger partial charge in [0.1, 0.15) is 6.04 Å². The molecule has 1 amide bonds. The molecule has 19 heavy (non-hydrogen) atoms. The number of ether oxygens (including phenoxy) is 1. The minimum absolute atomic E-state index is 0.0830. The van der Waals surface area contributed by atoms with Gasteiger partial charge < -0.3 is 15.8 Å². The average molecular weight is 272 g/mol. The van der Waals surface area contributed by atoms with E-state index in [-0.39, 0.29) is 6.61 Å². The molecule has 0 aromatic heterocycles. The first-order valence-electron chi connectivity index (χ1n) is 5.80. The molecule has 0 saturated heterocycles. The second kappa shape index (κ2) is 6.08. The molecule has 1 rings (SSSR count). The van der Waals surface area contributed by atoms with Crippen molar-refractivity contribution in [3.05, 3.63) is 35.4 Å². The average Bonchev–Trinajstić information content (AvgIpc) is 2.32. The quantitative estimate of drug-likeness (QED) is 0.849. The summed E-state index contributed by atoms with van der Waals surface area (Å²) in [5.74, 6) is -2.31. The van der Waals surface area contributed by atoms with E-state index in [4.69, 9.17) is 10.5 Å². The van der Waals surface area contributed by atoms with Crippen LogP contribution in [-0.4, -0.2) is 25.7 Å². The second-order valence-electron chi connectivity index (χ2n) is 4.80. The molecule has 4 nitrogen and oxygen atoms in total. The van der Waals surface area contributed by atoms with Crippen LogP contribution in [0.5, 0.6) is 0 Å². The van der Waals surface area contributed by atoms with Crippen molar-refractivity contribution in [3.63, 3.8) is 0 Å². The Morgan fingerprint density at radius 3 is 2.58 bits per heavy atom. The Hall–Kier alpha value is -1.53. The number of benzene rings is 1. The number of carbonyl (C=O) groups excluding carboxylic acids is 1. The number of nitrogens with two attached hydrogens (primary N) is 1. The lowest BCUT2D eigenvalue weighted by molar-refractivity contribution is -0.125. The first-order chi connectivity index (χ1) is 8.77. The van der Waals surface area contributed by atoms with E-state index in [2.05, 4.69) is 5.32 Å². The van der Waals surface area contributed by atoms with Gasteiger partial charge in [-0.1, -0.05) is 6.07 Å². The molecule has 0 heterocycles. The lowest BCUT2D eigenvalue weighted by atomic mass is 9.93. The summed E-state index contributed by atoms with van der Waals surface area (Å²) in [7, 11) is 1.44. The summed E-state index contributed by atoms with van der Waals surface area (Å²) in [5, 5.41) is 2.67. The summed E-state index contributed by atoms with van der Waals surface area (Å²) in [6.07, 6.45) is 0. The van der Waals surface area contributed by atoms with Gasteiger partial charge in [0.2, 0.25) is 5.91 Å². The number of amides is 1. The van der Waals surface area contributed by atoms with Crippen molar-refractivity contribution in [1.29, 1.82) is 0 Å². The molecule has 3 N–H and O–H groups in total. The number of nitrogens with one attached hydrogen (secondary N) is 1. The lowest BCUT2D eigenvalue weighted by Gasteiger charge is -2.28. The maximum Gasteiger partial charge on any atom is 0.239 e. The van der Waals surface area contributed by atoms with Crippen LogP contribution in [0, 0.1) is 11.6 Å². The first-order valence-corrected chi connectivity index (χ1v) is 5.80. The van der Waals surface area contributed by atoms with E-state index in [1.807, 2.05) is 0 Å². The standard InChI is InChI=1S/C13H18F2N2O2/c1-13(2,17-12(18)11(16)7-19-3)8-4-5-9(14)10(15)6-8/h4-6,11H,7,16H2,1-3H3,(H,17,18). The monoisotopic (exact) mass is 272 g/mol. The normalized spacial score (nSPS) is 13.2. The molecule has 0 aliphatic carbocycles. The number of hydrogen-bond donors (Lipinski definition) is 2. The Kier molecular flexibility index (Phi) is 4.97. The summed E-state index contributed by atoms with van der Waals surface area (Å²) < 4.78 is 30.9. The van der Waals surface area contributed by atoms with Crippen molar-refractivity contribution in [2.75, 3.05) is 13.7 Å². The van der Waals surface area contributed by atoms with E-state index in [9.17, 15) is 13.6 Å². The van der Waals surface area contributed by atoms with Gasteiger partial charge in [-0.15, -0.1) is 0 Å². The predicted molar refractivity (Wildman–Crippen MR) is 67.4 cm³/mol. The van der Waals surface area contributed by atoms with Crippen molar-refractivity contribution in [1.82, 2.24) is 5.32 Å². The summed E-state index contributed by atoms with van der Waals surface area (Å²) in [4.78, 5) is 11.8. The highest BCUT2D eigenvalue weighted by Crippen LogP contribution is 2.22. The van der Waals surface area contributed by atoms with Gasteiger partial charge in [-0.25, -0.2) is 8.78 Å². The molecule has 1 aromatic rings. The molecule has 0 bridgehead atoms. The summed E-state index contributed by atoms with van der Waals surface area (Å²) in [5.41, 5.74) is 5.18. The van der Waals surface area contributed by atoms with E-state index in [1.54, 1.807) is 13.8 Å². The van der Waals surface area contributed by atoms with Gasteiger partial charge in [0, 0.05) is 7.11 Å². The maximum atomic E-state index is 13.2. The van der Waals surface area contributed by atoms with Gasteiger partial charge in [0.25, 0.3) is 0 Å². The van der Waals surface area contributed by atoms with Crippen molar-refractivity contribution >= 4 is 5.91 Å². The SMILES string of the molecule is COCC(N)C(=O)NC(C)(C)c1ccc(F)c(F)c1. The molecule has 0 fully saturated rings. The largest absolute Gasteiger partial charge is 0.383 e. The van der Waals surface area contributed by atoms with Crippen LogP contribution in [0.3, 0.4) is 0 Å². The van der Waals surface area contributed by atoms with Crippen molar-refractivity contribution in [2.45, 2.75) is 25.4 Å². The van der Waals surface area contributed by atoms with Crippen LogP contribution >= 0.6 is 0 Å². The van der Waals surface area contributed by atoms with Gasteiger partial charge in [0.15, 0.2) is 11.6 Å². The third-order valence-corrected chi connectivity index (χ3v) is 2.76. The fourth-order valence-corrected chi connectivity index (χ4v) is 1.61. The minimum Gasteiger partial charge on any atom is -0.383 e. The Morgan fingerprint density at radius 2 is 2.05 bits per heavy atom. The van der Waals surface area contributed by atoms with Crippen LogP contribution in [0.25, 0.3) is 0 Å². The topological polar surface area (TPSA) is 64.3 Å². The molecule has 0 saturated carbocycles. The van der Waals surface area contributed by atoms with E-state index in [0.717, 1.165) is 12.1 Å². The molecule has 0 radical (unpaired) electrons. The smallest absolute Gasteiger partial charge is 0.239 e. The van der Waals surface area contributed by atoms with Crippen LogP contribution < -0.4 is 11.1 Å². The Bertz CT molecular complexity index is 464. The molecular weight excluding hydrogens is 254 g/mol. The maximum absolute atomic E-state index is 13.2. The van der Waals surface area contributed by atoms with Crippen LogP contribution in [0.2, 0.25) is 0 Å². The van der Waals surface area contributed by atoms with E-state index < -0.39 is 29.1 Å². The van der Waals surface area contributed by atoms with Crippen LogP contribution in [0.15, 0.2) is 18.2 Å². The fourth-order valence-electron chi connectivity index (χ4n) is 1.61. The zero-order chi connectivity index (χ0) is 14.6. The lowest BCUT2D eigenvalue weighted by Crippen LogP contribution is -2.50. The van der Waals surface area contributed by atoms with Crippen LogP contribution in [0.4, 0.5) is 8.78 Å². The highest BCUT2D eigenvalue weighted by atomic mass is 19.2. The van der Waals surface area contributed by atoms with Gasteiger partial charge in [-0.2, -0.15) is 0 Å². The van der Waals surface area contributed by atoms with Gasteiger partial charge in [-0.05, 0) is 31.5 Å². The molecule has 6 heteroatoms. The fraction of sp³-hybridized carbons (Fsp3) is 0.462. The van der Waals surface area contributed by atoms with Gasteiger partial charge in [-0.3, -0.25) is 4.79 Å². The summed E-state index contributed by atoms with van der Waals surface area (Å²) in [6, 6.07) is 2.68. The Labute approximate surface area is 110 Å². The molecule has 0 aliphatic rings. The zero-order valence-electron chi connectivity index (χ0n) is 11.2. The molecule has 0 aliphatic heterocycles. The van der Waals surface area contributed by atoms with Crippen molar-refractivity contribution in [3.8, 4) is 0 Å². The van der Waals surface area contributed by atoms with Crippen molar-refractivity contribution < 1.29 is 18.3 Å². The highest BCUT2D eigenvalue weighted by Gasteiger charge is 2.26. The Balaban J connectivity index is 2.85. The summed E-state index contributed by atoms with van der Waals surface area (Å²) >= 11 is 0. The number of methoxy groups -OCH3 is 1. The molecule has 1 aromatic carbocycles. The van der Waals surface area contributed by atoms with E-state index in [1.165, 1.54) is 13.2 Å². The van der Waals surface area contributed by atoms with Gasteiger partial charge in [0.05, 0.1) is 12.1 Å². The molecule has 0 spiro atoms.